The second kappa shape index (κ2) is 7.44. The molecule has 0 saturated heterocycles. The van der Waals surface area contributed by atoms with Gasteiger partial charge >= 0.3 is 0 Å². The number of ether oxygens (including phenoxy) is 1. The van der Waals surface area contributed by atoms with E-state index in [4.69, 9.17) is 4.74 Å². The average molecular weight is 275 g/mol. The Hall–Kier alpha value is -1.35. The van der Waals surface area contributed by atoms with Crippen molar-refractivity contribution in [2.75, 3.05) is 20.3 Å². The highest BCUT2D eigenvalue weighted by molar-refractivity contribution is 5.77. The van der Waals surface area contributed by atoms with Crippen molar-refractivity contribution in [2.45, 2.75) is 44.6 Å². The van der Waals surface area contributed by atoms with E-state index in [1.165, 1.54) is 18.4 Å². The number of likely N-dealkylation sites (N-methyl/N-ethyl adjacent to an activating group) is 1. The summed E-state index contributed by atoms with van der Waals surface area (Å²) in [5.41, 5.74) is 1.44. The van der Waals surface area contributed by atoms with E-state index in [0.717, 1.165) is 12.8 Å². The number of nitrogens with zero attached hydrogens (tertiary/aromatic N) is 1. The van der Waals surface area contributed by atoms with Crippen LogP contribution in [0.3, 0.4) is 0 Å². The van der Waals surface area contributed by atoms with Crippen molar-refractivity contribution in [1.82, 2.24) is 4.90 Å². The van der Waals surface area contributed by atoms with E-state index >= 15 is 0 Å². The van der Waals surface area contributed by atoms with Crippen LogP contribution in [0.25, 0.3) is 0 Å². The Morgan fingerprint density at radius 2 is 1.85 bits per heavy atom. The van der Waals surface area contributed by atoms with Gasteiger partial charge in [-0.25, -0.2) is 0 Å². The van der Waals surface area contributed by atoms with Gasteiger partial charge in [0, 0.05) is 19.7 Å². The van der Waals surface area contributed by atoms with E-state index < -0.39 is 0 Å². The summed E-state index contributed by atoms with van der Waals surface area (Å²) in [5, 5.41) is 0. The van der Waals surface area contributed by atoms with Gasteiger partial charge in [-0.2, -0.15) is 0 Å². The fourth-order valence-corrected chi connectivity index (χ4v) is 3.02. The SMILES string of the molecule is CCOCC(=O)N(C)C1CCC(c2ccccc2)CC1. The zero-order chi connectivity index (χ0) is 14.4. The minimum Gasteiger partial charge on any atom is -0.372 e. The minimum absolute atomic E-state index is 0.106. The molecule has 110 valence electrons. The highest BCUT2D eigenvalue weighted by Gasteiger charge is 2.26. The fourth-order valence-electron chi connectivity index (χ4n) is 3.02. The lowest BCUT2D eigenvalue weighted by Crippen LogP contribution is -2.41. The molecule has 0 bridgehead atoms. The lowest BCUT2D eigenvalue weighted by Gasteiger charge is -2.34. The molecule has 1 saturated carbocycles. The number of carbonyl (C=O) groups is 1. The van der Waals surface area contributed by atoms with Crippen molar-refractivity contribution in [3.05, 3.63) is 35.9 Å². The largest absolute Gasteiger partial charge is 0.372 e. The molecule has 0 N–H and O–H groups in total. The van der Waals surface area contributed by atoms with Gasteiger partial charge in [0.25, 0.3) is 0 Å². The van der Waals surface area contributed by atoms with Gasteiger partial charge in [0.2, 0.25) is 5.91 Å². The van der Waals surface area contributed by atoms with Gasteiger partial charge in [-0.15, -0.1) is 0 Å². The second-order valence-electron chi connectivity index (χ2n) is 5.56. The maximum Gasteiger partial charge on any atom is 0.248 e. The number of carbonyl (C=O) groups excluding carboxylic acids is 1. The molecule has 1 fully saturated rings. The highest BCUT2D eigenvalue weighted by atomic mass is 16.5. The molecule has 0 spiro atoms. The number of benzene rings is 1. The summed E-state index contributed by atoms with van der Waals surface area (Å²) in [6.07, 6.45) is 4.52. The molecule has 1 aliphatic carbocycles. The molecule has 0 aliphatic heterocycles. The normalized spacial score (nSPS) is 22.5. The zero-order valence-electron chi connectivity index (χ0n) is 12.5. The van der Waals surface area contributed by atoms with Gasteiger partial charge in [-0.3, -0.25) is 4.79 Å². The van der Waals surface area contributed by atoms with Gasteiger partial charge in [0.1, 0.15) is 6.61 Å². The standard InChI is InChI=1S/C17H25NO2/c1-3-20-13-17(19)18(2)16-11-9-15(10-12-16)14-7-5-4-6-8-14/h4-8,15-16H,3,9-13H2,1-2H3. The van der Waals surface area contributed by atoms with Crippen LogP contribution in [0.4, 0.5) is 0 Å². The Kier molecular flexibility index (Phi) is 5.60. The second-order valence-corrected chi connectivity index (χ2v) is 5.56. The van der Waals surface area contributed by atoms with E-state index in [2.05, 4.69) is 30.3 Å². The molecule has 1 aromatic carbocycles. The third-order valence-electron chi connectivity index (χ3n) is 4.34. The number of amides is 1. The number of hydrogen-bond acceptors (Lipinski definition) is 2. The number of rotatable bonds is 5. The molecule has 3 heteroatoms. The molecule has 1 amide bonds. The lowest BCUT2D eigenvalue weighted by molar-refractivity contribution is -0.137. The first kappa shape index (κ1) is 15.0. The average Bonchev–Trinajstić information content (AvgIpc) is 2.53. The molecule has 0 unspecified atom stereocenters. The van der Waals surface area contributed by atoms with Crippen LogP contribution in [-0.4, -0.2) is 37.1 Å². The Labute approximate surface area is 121 Å². The van der Waals surface area contributed by atoms with E-state index in [9.17, 15) is 4.79 Å². The summed E-state index contributed by atoms with van der Waals surface area (Å²) < 4.78 is 5.21. The zero-order valence-corrected chi connectivity index (χ0v) is 12.5. The summed E-state index contributed by atoms with van der Waals surface area (Å²) in [4.78, 5) is 13.8. The first-order valence-corrected chi connectivity index (χ1v) is 7.60. The Morgan fingerprint density at radius 1 is 1.20 bits per heavy atom. The van der Waals surface area contributed by atoms with Crippen LogP contribution >= 0.6 is 0 Å². The van der Waals surface area contributed by atoms with Crippen LogP contribution < -0.4 is 0 Å². The van der Waals surface area contributed by atoms with Gasteiger partial charge in [0.05, 0.1) is 0 Å². The highest BCUT2D eigenvalue weighted by Crippen LogP contribution is 2.34. The van der Waals surface area contributed by atoms with Crippen LogP contribution in [0.1, 0.15) is 44.1 Å². The molecule has 20 heavy (non-hydrogen) atoms. The Bertz CT molecular complexity index is 410. The van der Waals surface area contributed by atoms with Crippen molar-refractivity contribution in [3.63, 3.8) is 0 Å². The maximum atomic E-state index is 12.0. The molecule has 1 aromatic rings. The summed E-state index contributed by atoms with van der Waals surface area (Å²) in [5.74, 6) is 0.762. The molecular weight excluding hydrogens is 250 g/mol. The third-order valence-corrected chi connectivity index (χ3v) is 4.34. The topological polar surface area (TPSA) is 29.5 Å². The van der Waals surface area contributed by atoms with Gasteiger partial charge < -0.3 is 9.64 Å². The summed E-state index contributed by atoms with van der Waals surface area (Å²) in [7, 11) is 1.91. The smallest absolute Gasteiger partial charge is 0.248 e. The van der Waals surface area contributed by atoms with Crippen LogP contribution in [0.5, 0.6) is 0 Å². The predicted octanol–water partition coefficient (Wildman–Crippen LogP) is 3.21. The van der Waals surface area contributed by atoms with Crippen LogP contribution in [-0.2, 0) is 9.53 Å². The van der Waals surface area contributed by atoms with Gasteiger partial charge in [-0.1, -0.05) is 30.3 Å². The van der Waals surface area contributed by atoms with Crippen LogP contribution in [0, 0.1) is 0 Å². The predicted molar refractivity (Wildman–Crippen MR) is 80.7 cm³/mol. The summed E-state index contributed by atoms with van der Waals surface area (Å²) in [6, 6.07) is 11.1. The van der Waals surface area contributed by atoms with E-state index in [-0.39, 0.29) is 12.5 Å². The van der Waals surface area contributed by atoms with Gasteiger partial charge in [0.15, 0.2) is 0 Å². The molecule has 0 aromatic heterocycles. The first-order valence-electron chi connectivity index (χ1n) is 7.60. The first-order chi connectivity index (χ1) is 9.72. The van der Waals surface area contributed by atoms with E-state index in [1.807, 2.05) is 18.9 Å². The molecule has 0 heterocycles. The molecule has 0 radical (unpaired) electrons. The van der Waals surface area contributed by atoms with E-state index in [0.29, 0.717) is 18.6 Å². The van der Waals surface area contributed by atoms with Crippen molar-refractivity contribution in [2.24, 2.45) is 0 Å². The molecule has 1 aliphatic rings. The van der Waals surface area contributed by atoms with Crippen LogP contribution in [0.15, 0.2) is 30.3 Å². The molecule has 3 nitrogen and oxygen atoms in total. The minimum atomic E-state index is 0.106. The Morgan fingerprint density at radius 3 is 2.45 bits per heavy atom. The van der Waals surface area contributed by atoms with Crippen molar-refractivity contribution in [1.29, 1.82) is 0 Å². The Balaban J connectivity index is 1.83. The maximum absolute atomic E-state index is 12.0. The van der Waals surface area contributed by atoms with Crippen LogP contribution in [0.2, 0.25) is 0 Å². The molecule has 0 atom stereocenters. The third kappa shape index (κ3) is 3.83. The van der Waals surface area contributed by atoms with Crippen molar-refractivity contribution >= 4 is 5.91 Å². The monoisotopic (exact) mass is 275 g/mol. The van der Waals surface area contributed by atoms with Gasteiger partial charge in [-0.05, 0) is 44.1 Å². The lowest BCUT2D eigenvalue weighted by atomic mass is 9.81. The summed E-state index contributed by atoms with van der Waals surface area (Å²) >= 11 is 0. The van der Waals surface area contributed by atoms with Crippen molar-refractivity contribution in [3.8, 4) is 0 Å². The van der Waals surface area contributed by atoms with E-state index in [1.54, 1.807) is 0 Å². The summed E-state index contributed by atoms with van der Waals surface area (Å²) in [6.45, 7) is 2.73. The quantitative estimate of drug-likeness (QED) is 0.826. The number of hydrogen-bond donors (Lipinski definition) is 0. The van der Waals surface area contributed by atoms with Crippen molar-refractivity contribution < 1.29 is 9.53 Å². The fraction of sp³-hybridized carbons (Fsp3) is 0.588. The molecular formula is C17H25NO2. The molecule has 2 rings (SSSR count).